The molecule has 1 radical (unpaired) electrons. The van der Waals surface area contributed by atoms with Gasteiger partial charge in [0.25, 0.3) is 0 Å². The van der Waals surface area contributed by atoms with Crippen LogP contribution >= 0.6 is 0 Å². The van der Waals surface area contributed by atoms with E-state index in [0.717, 1.165) is 44.7 Å². The molecule has 0 saturated carbocycles. The van der Waals surface area contributed by atoms with Crippen LogP contribution in [0.3, 0.4) is 0 Å². The van der Waals surface area contributed by atoms with Gasteiger partial charge in [-0.05, 0) is 95.9 Å². The van der Waals surface area contributed by atoms with Gasteiger partial charge in [-0.2, -0.15) is 0 Å². The van der Waals surface area contributed by atoms with Gasteiger partial charge in [-0.3, -0.25) is 4.98 Å². The summed E-state index contributed by atoms with van der Waals surface area (Å²) in [6.07, 6.45) is 1.30. The van der Waals surface area contributed by atoms with Gasteiger partial charge in [0.05, 0.1) is 22.4 Å². The number of para-hydroxylation sites is 3. The maximum absolute atomic E-state index is 7.28. The zero-order chi connectivity index (χ0) is 45.5. The van der Waals surface area contributed by atoms with Gasteiger partial charge >= 0.3 is 0 Å². The van der Waals surface area contributed by atoms with Gasteiger partial charge in [0.15, 0.2) is 0 Å². The number of nitrogens with zero attached hydrogens (tertiary/aromatic N) is 4. The minimum atomic E-state index is -2.18. The summed E-state index contributed by atoms with van der Waals surface area (Å²) >= 11 is 0. The second-order valence-corrected chi connectivity index (χ2v) is 15.2. The Hall–Kier alpha value is -5.94. The van der Waals surface area contributed by atoms with Crippen molar-refractivity contribution in [2.45, 2.75) is 67.1 Å². The fourth-order valence-corrected chi connectivity index (χ4v) is 7.55. The van der Waals surface area contributed by atoms with Crippen molar-refractivity contribution < 1.29 is 32.7 Å². The molecular formula is C53H48IrN4O-2. The predicted molar refractivity (Wildman–Crippen MR) is 239 cm³/mol. The number of oxazole rings is 1. The maximum Gasteiger partial charge on any atom is 0.216 e. The zero-order valence-corrected chi connectivity index (χ0v) is 36.3. The van der Waals surface area contributed by atoms with Gasteiger partial charge in [-0.15, -0.1) is 53.1 Å². The summed E-state index contributed by atoms with van der Waals surface area (Å²) in [6.45, 7) is 9.02. The fourth-order valence-electron chi connectivity index (χ4n) is 7.55. The van der Waals surface area contributed by atoms with E-state index < -0.39 is 13.7 Å². The first-order valence-electron chi connectivity index (χ1n) is 22.6. The van der Waals surface area contributed by atoms with Crippen molar-refractivity contribution >= 4 is 22.1 Å². The molecule has 5 nitrogen and oxygen atoms in total. The molecule has 0 saturated heterocycles. The number of aromatic nitrogens is 4. The summed E-state index contributed by atoms with van der Waals surface area (Å²) < 4.78 is 52.5. The first kappa shape index (κ1) is 34.0. The third-order valence-corrected chi connectivity index (χ3v) is 10.4. The van der Waals surface area contributed by atoms with Crippen LogP contribution in [0.25, 0.3) is 73.0 Å². The van der Waals surface area contributed by atoms with Gasteiger partial charge in [0.1, 0.15) is 0 Å². The van der Waals surface area contributed by atoms with Crippen LogP contribution in [0.15, 0.2) is 138 Å². The van der Waals surface area contributed by atoms with Crippen LogP contribution in [0.1, 0.15) is 81.1 Å². The second kappa shape index (κ2) is 17.5. The molecule has 59 heavy (non-hydrogen) atoms. The molecule has 6 heteroatoms. The Balaban J connectivity index is 0.000000253. The Morgan fingerprint density at radius 2 is 1.37 bits per heavy atom. The van der Waals surface area contributed by atoms with Crippen LogP contribution in [-0.2, 0) is 20.1 Å². The van der Waals surface area contributed by atoms with Crippen molar-refractivity contribution in [3.8, 4) is 50.9 Å². The Morgan fingerprint density at radius 1 is 0.695 bits per heavy atom. The first-order valence-corrected chi connectivity index (χ1v) is 19.6. The van der Waals surface area contributed by atoms with Gasteiger partial charge in [0, 0.05) is 51.3 Å². The normalized spacial score (nSPS) is 13.2. The van der Waals surface area contributed by atoms with Gasteiger partial charge in [0.2, 0.25) is 5.89 Å². The first-order chi connectivity index (χ1) is 30.5. The number of fused-ring (bicyclic) bond motifs is 2. The van der Waals surface area contributed by atoms with Crippen molar-refractivity contribution in [3.05, 3.63) is 179 Å². The molecule has 0 spiro atoms. The number of hydrogen-bond donors (Lipinski definition) is 0. The summed E-state index contributed by atoms with van der Waals surface area (Å²) in [4.78, 5) is 14.4. The molecule has 0 aliphatic carbocycles. The molecule has 0 atom stereocenters. The molecule has 9 aromatic rings. The van der Waals surface area contributed by atoms with E-state index in [9.17, 15) is 0 Å². The molecule has 0 bridgehead atoms. The van der Waals surface area contributed by atoms with E-state index in [4.69, 9.17) is 22.6 Å². The van der Waals surface area contributed by atoms with Gasteiger partial charge in [-0.1, -0.05) is 119 Å². The molecule has 0 aliphatic rings. The van der Waals surface area contributed by atoms with Crippen molar-refractivity contribution in [1.29, 1.82) is 0 Å². The van der Waals surface area contributed by atoms with E-state index >= 15 is 0 Å². The predicted octanol–water partition coefficient (Wildman–Crippen LogP) is 14.0. The number of benzene rings is 6. The quantitative estimate of drug-likeness (QED) is 0.149. The van der Waals surface area contributed by atoms with E-state index in [1.54, 1.807) is 12.1 Å². The monoisotopic (exact) mass is 955 g/mol. The van der Waals surface area contributed by atoms with Crippen LogP contribution in [0.4, 0.5) is 0 Å². The van der Waals surface area contributed by atoms with Crippen molar-refractivity contribution in [3.63, 3.8) is 0 Å². The minimum Gasteiger partial charge on any atom is -0.484 e. The number of hydrogen-bond acceptors (Lipinski definition) is 4. The number of aryl methyl sites for hydroxylation is 4. The molecule has 9 rings (SSSR count). The number of rotatable bonds is 7. The minimum absolute atomic E-state index is 0. The molecular weight excluding hydrogens is 901 g/mol. The number of imidazole rings is 1. The molecule has 0 unspecified atom stereocenters. The molecule has 297 valence electrons. The second-order valence-electron chi connectivity index (χ2n) is 15.2. The van der Waals surface area contributed by atoms with E-state index in [1.807, 2.05) is 30.3 Å². The van der Waals surface area contributed by atoms with Crippen molar-refractivity contribution in [2.75, 3.05) is 0 Å². The molecule has 0 N–H and O–H groups in total. The van der Waals surface area contributed by atoms with Crippen molar-refractivity contribution in [2.24, 2.45) is 0 Å². The molecule has 0 fully saturated rings. The molecule has 0 aliphatic heterocycles. The summed E-state index contributed by atoms with van der Waals surface area (Å²) in [5.41, 5.74) is 15.1. The number of pyridine rings is 1. The molecule has 3 heterocycles. The van der Waals surface area contributed by atoms with E-state index in [2.05, 4.69) is 130 Å². The topological polar surface area (TPSA) is 56.7 Å². The summed E-state index contributed by atoms with van der Waals surface area (Å²) in [5.74, 6) is 2.10. The maximum atomic E-state index is 7.28. The Bertz CT molecular complexity index is 3000. The van der Waals surface area contributed by atoms with E-state index in [-0.39, 0.29) is 31.2 Å². The third kappa shape index (κ3) is 8.34. The zero-order valence-electron chi connectivity index (χ0n) is 39.9. The Morgan fingerprint density at radius 3 is 2.02 bits per heavy atom. The molecule has 6 aromatic carbocycles. The van der Waals surface area contributed by atoms with Gasteiger partial charge in [-0.25, -0.2) is 4.98 Å². The van der Waals surface area contributed by atoms with Crippen LogP contribution in [0, 0.1) is 39.7 Å². The van der Waals surface area contributed by atoms with Crippen LogP contribution < -0.4 is 0 Å². The largest absolute Gasteiger partial charge is 0.484 e. The standard InChI is InChI=1S/C40H36N3O.C13H12N.Ir/c1-24(2)30-18-13-19-31(25(3)4)37(30)43-35-21-11-10-20-33(35)41-39(43)29-22-32(36-26(5)14-12-15-27(36)6)38-34(23-29)42-40(44-38)28-16-8-7-9-17-28;1-10-3-6-12(7-4-10)13-8-5-11(2)9-14-13;/h7-22,24-25H,1-6H3;3-6,8-9H,1-2H3;/q2*-1;/i;1D3,2D3;. The average molecular weight is 955 g/mol. The van der Waals surface area contributed by atoms with E-state index in [1.165, 1.54) is 52.3 Å². The summed E-state index contributed by atoms with van der Waals surface area (Å²) in [7, 11) is 0. The fraction of sp³-hybridized carbons (Fsp3) is 0.189. The Labute approximate surface area is 370 Å². The Kier molecular flexibility index (Phi) is 10.1. The van der Waals surface area contributed by atoms with Crippen LogP contribution in [-0.4, -0.2) is 19.5 Å². The van der Waals surface area contributed by atoms with Crippen molar-refractivity contribution in [1.82, 2.24) is 19.5 Å². The average Bonchev–Trinajstić information content (AvgIpc) is 3.88. The molecule has 0 amide bonds. The SMILES string of the molecule is Cc1cccc(C)c1-c1cc(-c2nc3ccccc3n2-c2c(C(C)C)cccc2C(C)C)[c-]c2nc(-c3ccccc3)oc12.[2H]C([2H])([2H])c1c[c-]c(-c2ccc(C([2H])([2H])[2H])cn2)cc1.[Ir]. The van der Waals surface area contributed by atoms with E-state index in [0.29, 0.717) is 34.5 Å². The smallest absolute Gasteiger partial charge is 0.216 e. The molecule has 3 aromatic heterocycles. The van der Waals surface area contributed by atoms with Crippen LogP contribution in [0.2, 0.25) is 0 Å². The van der Waals surface area contributed by atoms with Crippen LogP contribution in [0.5, 0.6) is 0 Å². The van der Waals surface area contributed by atoms with Gasteiger partial charge < -0.3 is 14.0 Å². The third-order valence-electron chi connectivity index (χ3n) is 10.4. The summed E-state index contributed by atoms with van der Waals surface area (Å²) in [5, 5.41) is 0. The summed E-state index contributed by atoms with van der Waals surface area (Å²) in [6, 6.07) is 47.9.